The summed E-state index contributed by atoms with van der Waals surface area (Å²) in [5.74, 6) is 2.39. The molecule has 0 amide bonds. The van der Waals surface area contributed by atoms with Crippen LogP contribution in [0.4, 0.5) is 0 Å². The Kier molecular flexibility index (Phi) is 3.73. The lowest BCUT2D eigenvalue weighted by Gasteiger charge is -2.06. The summed E-state index contributed by atoms with van der Waals surface area (Å²) in [6, 6.07) is 9.51. The van der Waals surface area contributed by atoms with Gasteiger partial charge in [-0.2, -0.15) is 0 Å². The minimum Gasteiger partial charge on any atom is -0.494 e. The number of imidazole rings is 1. The smallest absolute Gasteiger partial charge is 0.178 e. The quantitative estimate of drug-likeness (QED) is 0.781. The van der Waals surface area contributed by atoms with Gasteiger partial charge in [-0.15, -0.1) is 0 Å². The average Bonchev–Trinajstić information content (AvgIpc) is 2.91. The van der Waals surface area contributed by atoms with Crippen molar-refractivity contribution >= 4 is 11.2 Å². The van der Waals surface area contributed by atoms with Gasteiger partial charge in [0.25, 0.3) is 0 Å². The Bertz CT molecular complexity index is 735. The van der Waals surface area contributed by atoms with E-state index < -0.39 is 0 Å². The Labute approximate surface area is 123 Å². The van der Waals surface area contributed by atoms with Crippen LogP contribution in [0.3, 0.4) is 0 Å². The molecule has 21 heavy (non-hydrogen) atoms. The predicted molar refractivity (Wildman–Crippen MR) is 80.6 cm³/mol. The molecular weight excluding hydrogens is 266 g/mol. The topological polar surface area (TPSA) is 60.0 Å². The summed E-state index contributed by atoms with van der Waals surface area (Å²) in [4.78, 5) is 11.9. The standard InChI is InChI=1S/C16H17N3O2/c1-3-20-12-4-6-13(7-5-12)21-10-14-18-15-11(2)8-9-17-16(15)19-14/h4-9H,3,10H2,1-2H3,(H,17,18,19). The molecule has 0 aliphatic heterocycles. The summed E-state index contributed by atoms with van der Waals surface area (Å²) in [5, 5.41) is 0. The molecule has 1 aromatic carbocycles. The van der Waals surface area contributed by atoms with Crippen LogP contribution in [0.5, 0.6) is 11.5 Å². The number of hydrogen-bond acceptors (Lipinski definition) is 4. The van der Waals surface area contributed by atoms with Crippen LogP contribution < -0.4 is 9.47 Å². The van der Waals surface area contributed by atoms with E-state index in [9.17, 15) is 0 Å². The van der Waals surface area contributed by atoms with E-state index in [2.05, 4.69) is 15.0 Å². The summed E-state index contributed by atoms with van der Waals surface area (Å²) in [7, 11) is 0. The van der Waals surface area contributed by atoms with E-state index >= 15 is 0 Å². The molecule has 0 radical (unpaired) electrons. The van der Waals surface area contributed by atoms with Gasteiger partial charge in [-0.3, -0.25) is 0 Å². The van der Waals surface area contributed by atoms with E-state index in [0.29, 0.717) is 13.2 Å². The number of H-pyrrole nitrogens is 1. The van der Waals surface area contributed by atoms with Crippen LogP contribution in [0, 0.1) is 6.92 Å². The summed E-state index contributed by atoms with van der Waals surface area (Å²) in [6.07, 6.45) is 1.76. The lowest BCUT2D eigenvalue weighted by atomic mass is 10.3. The number of aryl methyl sites for hydroxylation is 1. The zero-order chi connectivity index (χ0) is 14.7. The Morgan fingerprint density at radius 1 is 1.05 bits per heavy atom. The van der Waals surface area contributed by atoms with E-state index in [0.717, 1.165) is 34.1 Å². The molecule has 0 fully saturated rings. The largest absolute Gasteiger partial charge is 0.494 e. The van der Waals surface area contributed by atoms with E-state index in [1.165, 1.54) is 0 Å². The normalized spacial score (nSPS) is 10.8. The van der Waals surface area contributed by atoms with Crippen LogP contribution in [0.2, 0.25) is 0 Å². The molecule has 108 valence electrons. The summed E-state index contributed by atoms with van der Waals surface area (Å²) < 4.78 is 11.1. The van der Waals surface area contributed by atoms with Crippen LogP contribution in [0.15, 0.2) is 36.5 Å². The van der Waals surface area contributed by atoms with Gasteiger partial charge in [0.05, 0.1) is 12.1 Å². The number of aromatic nitrogens is 3. The molecule has 0 saturated heterocycles. The molecule has 0 aliphatic carbocycles. The monoisotopic (exact) mass is 283 g/mol. The third-order valence-corrected chi connectivity index (χ3v) is 3.16. The van der Waals surface area contributed by atoms with E-state index in [1.54, 1.807) is 6.20 Å². The first kappa shape index (κ1) is 13.4. The molecular formula is C16H17N3O2. The number of ether oxygens (including phenoxy) is 2. The van der Waals surface area contributed by atoms with Gasteiger partial charge in [0.2, 0.25) is 0 Å². The number of aromatic amines is 1. The fourth-order valence-corrected chi connectivity index (χ4v) is 2.10. The Balaban J connectivity index is 1.69. The lowest BCUT2D eigenvalue weighted by molar-refractivity contribution is 0.296. The van der Waals surface area contributed by atoms with Crippen molar-refractivity contribution in [1.82, 2.24) is 15.0 Å². The van der Waals surface area contributed by atoms with Gasteiger partial charge in [-0.25, -0.2) is 9.97 Å². The van der Waals surface area contributed by atoms with Crippen molar-refractivity contribution in [3.8, 4) is 11.5 Å². The van der Waals surface area contributed by atoms with Crippen molar-refractivity contribution in [2.24, 2.45) is 0 Å². The third-order valence-electron chi connectivity index (χ3n) is 3.16. The maximum Gasteiger partial charge on any atom is 0.178 e. The van der Waals surface area contributed by atoms with Crippen molar-refractivity contribution in [2.75, 3.05) is 6.61 Å². The van der Waals surface area contributed by atoms with Gasteiger partial charge in [-0.05, 0) is 49.7 Å². The van der Waals surface area contributed by atoms with Crippen LogP contribution in [-0.4, -0.2) is 21.6 Å². The molecule has 1 N–H and O–H groups in total. The number of hydrogen-bond donors (Lipinski definition) is 1. The van der Waals surface area contributed by atoms with E-state index in [-0.39, 0.29) is 0 Å². The van der Waals surface area contributed by atoms with Crippen LogP contribution in [-0.2, 0) is 6.61 Å². The molecule has 0 spiro atoms. The SMILES string of the molecule is CCOc1ccc(OCc2nc3nccc(C)c3[nH]2)cc1. The molecule has 0 atom stereocenters. The lowest BCUT2D eigenvalue weighted by Crippen LogP contribution is -1.97. The van der Waals surface area contributed by atoms with Crippen LogP contribution in [0.25, 0.3) is 11.2 Å². The number of nitrogens with one attached hydrogen (secondary N) is 1. The third kappa shape index (κ3) is 2.97. The first-order valence-electron chi connectivity index (χ1n) is 6.92. The fourth-order valence-electron chi connectivity index (χ4n) is 2.10. The average molecular weight is 283 g/mol. The van der Waals surface area contributed by atoms with Gasteiger partial charge in [0, 0.05) is 6.20 Å². The maximum atomic E-state index is 5.72. The molecule has 0 bridgehead atoms. The van der Waals surface area contributed by atoms with Crippen molar-refractivity contribution in [3.63, 3.8) is 0 Å². The number of fused-ring (bicyclic) bond motifs is 1. The van der Waals surface area contributed by atoms with E-state index in [1.807, 2.05) is 44.2 Å². The Morgan fingerprint density at radius 3 is 2.43 bits per heavy atom. The van der Waals surface area contributed by atoms with E-state index in [4.69, 9.17) is 9.47 Å². The van der Waals surface area contributed by atoms with Gasteiger partial charge in [0.15, 0.2) is 5.65 Å². The predicted octanol–water partition coefficient (Wildman–Crippen LogP) is 3.24. The van der Waals surface area contributed by atoms with Gasteiger partial charge in [0.1, 0.15) is 23.9 Å². The zero-order valence-corrected chi connectivity index (χ0v) is 12.1. The second-order valence-electron chi connectivity index (χ2n) is 4.70. The number of nitrogens with zero attached hydrogens (tertiary/aromatic N) is 2. The minimum absolute atomic E-state index is 0.379. The summed E-state index contributed by atoms with van der Waals surface area (Å²) in [5.41, 5.74) is 2.81. The number of benzene rings is 1. The first-order chi connectivity index (χ1) is 10.3. The highest BCUT2D eigenvalue weighted by atomic mass is 16.5. The minimum atomic E-state index is 0.379. The van der Waals surface area contributed by atoms with Crippen LogP contribution >= 0.6 is 0 Å². The van der Waals surface area contributed by atoms with Gasteiger partial charge in [-0.1, -0.05) is 0 Å². The summed E-state index contributed by atoms with van der Waals surface area (Å²) in [6.45, 7) is 5.02. The molecule has 0 aliphatic rings. The molecule has 5 nitrogen and oxygen atoms in total. The number of rotatable bonds is 5. The molecule has 3 aromatic rings. The second kappa shape index (κ2) is 5.83. The maximum absolute atomic E-state index is 5.72. The highest BCUT2D eigenvalue weighted by Crippen LogP contribution is 2.19. The second-order valence-corrected chi connectivity index (χ2v) is 4.70. The fraction of sp³-hybridized carbons (Fsp3) is 0.250. The highest BCUT2D eigenvalue weighted by molar-refractivity contribution is 5.74. The zero-order valence-electron chi connectivity index (χ0n) is 12.1. The number of pyridine rings is 1. The first-order valence-corrected chi connectivity index (χ1v) is 6.92. The van der Waals surface area contributed by atoms with Crippen molar-refractivity contribution < 1.29 is 9.47 Å². The van der Waals surface area contributed by atoms with Crippen molar-refractivity contribution in [1.29, 1.82) is 0 Å². The van der Waals surface area contributed by atoms with Gasteiger partial charge < -0.3 is 14.5 Å². The highest BCUT2D eigenvalue weighted by Gasteiger charge is 2.06. The molecule has 5 heteroatoms. The molecule has 2 heterocycles. The molecule has 0 saturated carbocycles. The van der Waals surface area contributed by atoms with Crippen molar-refractivity contribution in [3.05, 3.63) is 47.9 Å². The Morgan fingerprint density at radius 2 is 1.76 bits per heavy atom. The summed E-state index contributed by atoms with van der Waals surface area (Å²) >= 11 is 0. The van der Waals surface area contributed by atoms with Crippen molar-refractivity contribution in [2.45, 2.75) is 20.5 Å². The molecule has 2 aromatic heterocycles. The van der Waals surface area contributed by atoms with Crippen LogP contribution in [0.1, 0.15) is 18.3 Å². The van der Waals surface area contributed by atoms with Gasteiger partial charge >= 0.3 is 0 Å². The molecule has 3 rings (SSSR count). The Hall–Kier alpha value is -2.56. The molecule has 0 unspecified atom stereocenters.